The van der Waals surface area contributed by atoms with Gasteiger partial charge in [-0.25, -0.2) is 0 Å². The van der Waals surface area contributed by atoms with Gasteiger partial charge in [-0.1, -0.05) is 30.3 Å². The zero-order chi connectivity index (χ0) is 17.3. The van der Waals surface area contributed by atoms with Crippen LogP contribution in [0.5, 0.6) is 11.5 Å². The molecule has 24 heavy (non-hydrogen) atoms. The van der Waals surface area contributed by atoms with E-state index in [1.165, 1.54) is 25.3 Å². The normalized spacial score (nSPS) is 13.2. The molecule has 0 bridgehead atoms. The van der Waals surface area contributed by atoms with E-state index in [-0.39, 0.29) is 28.6 Å². The Hall–Kier alpha value is -3.02. The van der Waals surface area contributed by atoms with E-state index in [2.05, 4.69) is 4.74 Å². The third kappa shape index (κ3) is 2.78. The molecule has 1 aliphatic rings. The van der Waals surface area contributed by atoms with Crippen LogP contribution in [0.25, 0.3) is 6.08 Å². The Morgan fingerprint density at radius 1 is 0.958 bits per heavy atom. The van der Waals surface area contributed by atoms with Gasteiger partial charge in [0.05, 0.1) is 12.7 Å². The number of carbonyl (C=O) groups is 2. The number of hydrogen-bond donors (Lipinski definition) is 0. The van der Waals surface area contributed by atoms with Crippen molar-refractivity contribution in [3.05, 3.63) is 64.7 Å². The maximum atomic E-state index is 12.5. The Morgan fingerprint density at radius 3 is 2.12 bits per heavy atom. The minimum atomic E-state index is -3.01. The summed E-state index contributed by atoms with van der Waals surface area (Å²) in [6.45, 7) is -3.01. The van der Waals surface area contributed by atoms with Crippen LogP contribution >= 0.6 is 0 Å². The molecule has 0 aromatic heterocycles. The van der Waals surface area contributed by atoms with Crippen LogP contribution in [-0.2, 0) is 0 Å². The summed E-state index contributed by atoms with van der Waals surface area (Å²) in [4.78, 5) is 24.7. The first-order valence-corrected chi connectivity index (χ1v) is 7.04. The minimum Gasteiger partial charge on any atom is -0.493 e. The van der Waals surface area contributed by atoms with Gasteiger partial charge >= 0.3 is 6.61 Å². The molecule has 6 heteroatoms. The number of ether oxygens (including phenoxy) is 2. The van der Waals surface area contributed by atoms with Gasteiger partial charge in [0, 0.05) is 11.1 Å². The average Bonchev–Trinajstić information content (AvgIpc) is 2.80. The summed E-state index contributed by atoms with van der Waals surface area (Å²) in [5.74, 6) is -0.812. The molecule has 0 aliphatic heterocycles. The maximum Gasteiger partial charge on any atom is 0.387 e. The number of hydrogen-bond acceptors (Lipinski definition) is 4. The van der Waals surface area contributed by atoms with Gasteiger partial charge in [-0.2, -0.15) is 8.78 Å². The predicted octanol–water partition coefficient (Wildman–Crippen LogP) is 3.76. The first-order chi connectivity index (χ1) is 11.5. The molecule has 0 heterocycles. The largest absolute Gasteiger partial charge is 0.493 e. The summed E-state index contributed by atoms with van der Waals surface area (Å²) in [5, 5.41) is 0. The second-order valence-electron chi connectivity index (χ2n) is 5.05. The standard InChI is InChI=1S/C18H12F2O4/c1-23-14-7-6-10(9-15(14)24-18(19)20)8-13-16(21)11-4-2-3-5-12(11)17(13)22/h2-9,18H,1H3. The van der Waals surface area contributed by atoms with E-state index in [1.807, 2.05) is 0 Å². The third-order valence-electron chi connectivity index (χ3n) is 3.62. The molecule has 0 amide bonds. The molecule has 0 N–H and O–H groups in total. The van der Waals surface area contributed by atoms with Crippen molar-refractivity contribution in [2.24, 2.45) is 0 Å². The lowest BCUT2D eigenvalue weighted by atomic mass is 10.1. The van der Waals surface area contributed by atoms with Crippen molar-refractivity contribution in [3.8, 4) is 11.5 Å². The number of fused-ring (bicyclic) bond motifs is 1. The van der Waals surface area contributed by atoms with Crippen LogP contribution in [0.3, 0.4) is 0 Å². The molecule has 0 atom stereocenters. The van der Waals surface area contributed by atoms with Crippen LogP contribution in [0.15, 0.2) is 48.0 Å². The molecule has 122 valence electrons. The lowest BCUT2D eigenvalue weighted by Gasteiger charge is -2.10. The van der Waals surface area contributed by atoms with Crippen LogP contribution in [0, 0.1) is 0 Å². The first kappa shape index (κ1) is 15.9. The maximum absolute atomic E-state index is 12.5. The molecule has 2 aromatic rings. The smallest absolute Gasteiger partial charge is 0.387 e. The fourth-order valence-electron chi connectivity index (χ4n) is 2.54. The van der Waals surface area contributed by atoms with E-state index in [4.69, 9.17) is 4.74 Å². The summed E-state index contributed by atoms with van der Waals surface area (Å²) in [7, 11) is 1.33. The fraction of sp³-hybridized carbons (Fsp3) is 0.111. The molecular weight excluding hydrogens is 318 g/mol. The number of Topliss-reactive ketones (excluding diaryl/α,β-unsaturated/α-hetero) is 2. The van der Waals surface area contributed by atoms with Crippen LogP contribution in [0.1, 0.15) is 26.3 Å². The molecule has 0 fully saturated rings. The predicted molar refractivity (Wildman–Crippen MR) is 82.7 cm³/mol. The van der Waals surface area contributed by atoms with Gasteiger partial charge in [-0.3, -0.25) is 9.59 Å². The molecule has 0 saturated heterocycles. The van der Waals surface area contributed by atoms with Crippen LogP contribution in [0.2, 0.25) is 0 Å². The second kappa shape index (κ2) is 6.23. The highest BCUT2D eigenvalue weighted by Gasteiger charge is 2.32. The van der Waals surface area contributed by atoms with Crippen LogP contribution in [-0.4, -0.2) is 25.3 Å². The van der Waals surface area contributed by atoms with Gasteiger partial charge in [0.2, 0.25) is 0 Å². The number of alkyl halides is 2. The van der Waals surface area contributed by atoms with Crippen molar-refractivity contribution < 1.29 is 27.8 Å². The van der Waals surface area contributed by atoms with Crippen molar-refractivity contribution in [2.75, 3.05) is 7.11 Å². The van der Waals surface area contributed by atoms with Crippen molar-refractivity contribution in [2.45, 2.75) is 6.61 Å². The van der Waals surface area contributed by atoms with Crippen LogP contribution < -0.4 is 9.47 Å². The lowest BCUT2D eigenvalue weighted by Crippen LogP contribution is -2.04. The van der Waals surface area contributed by atoms with Gasteiger partial charge in [0.1, 0.15) is 0 Å². The molecular formula is C18H12F2O4. The molecule has 4 nitrogen and oxygen atoms in total. The molecule has 0 spiro atoms. The Bertz CT molecular complexity index is 819. The summed E-state index contributed by atoms with van der Waals surface area (Å²) in [5.41, 5.74) is 1.05. The number of benzene rings is 2. The van der Waals surface area contributed by atoms with E-state index in [1.54, 1.807) is 30.3 Å². The Labute approximate surface area is 136 Å². The summed E-state index contributed by atoms with van der Waals surface area (Å²) in [6.07, 6.45) is 1.36. The highest BCUT2D eigenvalue weighted by atomic mass is 19.3. The van der Waals surface area contributed by atoms with Crippen molar-refractivity contribution in [1.82, 2.24) is 0 Å². The van der Waals surface area contributed by atoms with Gasteiger partial charge in [0.15, 0.2) is 23.1 Å². The third-order valence-corrected chi connectivity index (χ3v) is 3.62. The SMILES string of the molecule is COc1ccc(C=C2C(=O)c3ccccc3C2=O)cc1OC(F)F. The van der Waals surface area contributed by atoms with E-state index in [0.717, 1.165) is 0 Å². The van der Waals surface area contributed by atoms with E-state index >= 15 is 0 Å². The first-order valence-electron chi connectivity index (χ1n) is 7.04. The average molecular weight is 330 g/mol. The van der Waals surface area contributed by atoms with Crippen LogP contribution in [0.4, 0.5) is 8.78 Å². The highest BCUT2D eigenvalue weighted by molar-refractivity contribution is 6.41. The molecule has 0 radical (unpaired) electrons. The van der Waals surface area contributed by atoms with E-state index < -0.39 is 6.61 Å². The van der Waals surface area contributed by atoms with Crippen molar-refractivity contribution >= 4 is 17.6 Å². The quantitative estimate of drug-likeness (QED) is 0.633. The topological polar surface area (TPSA) is 52.6 Å². The highest BCUT2D eigenvalue weighted by Crippen LogP contribution is 2.32. The van der Waals surface area contributed by atoms with Gasteiger partial charge in [0.25, 0.3) is 0 Å². The number of rotatable bonds is 4. The fourth-order valence-corrected chi connectivity index (χ4v) is 2.54. The minimum absolute atomic E-state index is 0.00985. The van der Waals surface area contributed by atoms with Gasteiger partial charge in [-0.05, 0) is 23.8 Å². The van der Waals surface area contributed by atoms with E-state index in [9.17, 15) is 18.4 Å². The zero-order valence-electron chi connectivity index (χ0n) is 12.6. The molecule has 2 aromatic carbocycles. The molecule has 0 unspecified atom stereocenters. The number of carbonyl (C=O) groups excluding carboxylic acids is 2. The molecule has 0 saturated carbocycles. The summed E-state index contributed by atoms with van der Waals surface area (Å²) < 4.78 is 34.3. The van der Waals surface area contributed by atoms with Gasteiger partial charge < -0.3 is 9.47 Å². The van der Waals surface area contributed by atoms with E-state index in [0.29, 0.717) is 16.7 Å². The summed E-state index contributed by atoms with van der Waals surface area (Å²) in [6, 6.07) is 10.8. The van der Waals surface area contributed by atoms with Crippen molar-refractivity contribution in [1.29, 1.82) is 0 Å². The monoisotopic (exact) mass is 330 g/mol. The van der Waals surface area contributed by atoms with Gasteiger partial charge in [-0.15, -0.1) is 0 Å². The number of ketones is 2. The zero-order valence-corrected chi connectivity index (χ0v) is 12.6. The second-order valence-corrected chi connectivity index (χ2v) is 5.05. The lowest BCUT2D eigenvalue weighted by molar-refractivity contribution is -0.0512. The summed E-state index contributed by atoms with van der Waals surface area (Å²) >= 11 is 0. The van der Waals surface area contributed by atoms with Crippen molar-refractivity contribution in [3.63, 3.8) is 0 Å². The Kier molecular flexibility index (Phi) is 4.12. The molecule has 1 aliphatic carbocycles. The number of halogens is 2. The Balaban J connectivity index is 2.01. The Morgan fingerprint density at radius 2 is 1.58 bits per heavy atom. The number of methoxy groups -OCH3 is 1. The number of allylic oxidation sites excluding steroid dienone is 1. The molecule has 3 rings (SSSR count).